The van der Waals surface area contributed by atoms with Crippen molar-refractivity contribution in [3.8, 4) is 11.4 Å². The monoisotopic (exact) mass is 428 g/mol. The molecule has 2 N–H and O–H groups in total. The molecule has 0 spiro atoms. The Kier molecular flexibility index (Phi) is 4.95. The van der Waals surface area contributed by atoms with Gasteiger partial charge >= 0.3 is 12.3 Å². The van der Waals surface area contributed by atoms with Gasteiger partial charge < -0.3 is 15.0 Å². The van der Waals surface area contributed by atoms with E-state index in [1.807, 2.05) is 11.8 Å². The number of piperazine rings is 1. The molecular formula is C17H16ClF3N6O2. The molecule has 2 aliphatic heterocycles. The Hall–Kier alpha value is -2.66. The number of rotatable bonds is 2. The van der Waals surface area contributed by atoms with Gasteiger partial charge in [0.2, 0.25) is 6.10 Å². The Labute approximate surface area is 168 Å². The van der Waals surface area contributed by atoms with Crippen LogP contribution >= 0.6 is 11.6 Å². The van der Waals surface area contributed by atoms with Gasteiger partial charge in [-0.15, -0.1) is 0 Å². The Balaban J connectivity index is 1.82. The summed E-state index contributed by atoms with van der Waals surface area (Å²) in [5, 5.41) is 5.78. The van der Waals surface area contributed by atoms with E-state index in [9.17, 15) is 18.0 Å². The molecule has 0 aromatic carbocycles. The number of nitrogens with zero attached hydrogens (tertiary/aromatic N) is 4. The maximum Gasteiger partial charge on any atom is 0.430 e. The summed E-state index contributed by atoms with van der Waals surface area (Å²) in [5.41, 5.74) is -0.385. The van der Waals surface area contributed by atoms with Crippen LogP contribution in [0.2, 0.25) is 5.02 Å². The summed E-state index contributed by atoms with van der Waals surface area (Å²) in [6.45, 7) is 4.10. The van der Waals surface area contributed by atoms with Crippen molar-refractivity contribution in [3.63, 3.8) is 0 Å². The van der Waals surface area contributed by atoms with Crippen molar-refractivity contribution >= 4 is 29.3 Å². The largest absolute Gasteiger partial charge is 0.431 e. The third kappa shape index (κ3) is 3.92. The molecule has 1 fully saturated rings. The molecule has 0 radical (unpaired) electrons. The van der Waals surface area contributed by atoms with Crippen molar-refractivity contribution in [2.75, 3.05) is 29.9 Å². The van der Waals surface area contributed by atoms with Crippen molar-refractivity contribution < 1.29 is 22.7 Å². The molecule has 4 rings (SSSR count). The summed E-state index contributed by atoms with van der Waals surface area (Å²) in [6.07, 6.45) is -7.53. The fourth-order valence-corrected chi connectivity index (χ4v) is 3.58. The van der Waals surface area contributed by atoms with Crippen molar-refractivity contribution in [1.82, 2.24) is 20.3 Å². The quantitative estimate of drug-likeness (QED) is 0.759. The topological polar surface area (TPSA) is 92.3 Å². The molecule has 2 aromatic heterocycles. The molecule has 4 heterocycles. The zero-order valence-corrected chi connectivity index (χ0v) is 15.9. The molecule has 2 aromatic rings. The molecule has 0 saturated carbocycles. The number of carbonyl (C=O) groups is 1. The van der Waals surface area contributed by atoms with E-state index in [1.165, 1.54) is 6.07 Å². The number of hydrogen-bond acceptors (Lipinski definition) is 7. The lowest BCUT2D eigenvalue weighted by molar-refractivity contribution is -0.206. The number of alkyl halides is 3. The normalized spacial score (nSPS) is 22.0. The predicted octanol–water partition coefficient (Wildman–Crippen LogP) is 3.16. The number of halogens is 4. The highest BCUT2D eigenvalue weighted by Gasteiger charge is 2.49. The van der Waals surface area contributed by atoms with Gasteiger partial charge in [-0.25, -0.2) is 19.7 Å². The van der Waals surface area contributed by atoms with Gasteiger partial charge in [0.1, 0.15) is 23.7 Å². The Bertz CT molecular complexity index is 957. The maximum absolute atomic E-state index is 13.6. The van der Waals surface area contributed by atoms with Gasteiger partial charge in [-0.2, -0.15) is 13.2 Å². The molecule has 29 heavy (non-hydrogen) atoms. The first-order chi connectivity index (χ1) is 13.7. The third-order valence-corrected chi connectivity index (χ3v) is 4.82. The van der Waals surface area contributed by atoms with Crippen LogP contribution in [0.25, 0.3) is 11.4 Å². The molecule has 0 aliphatic carbocycles. The second-order valence-corrected chi connectivity index (χ2v) is 7.20. The number of ether oxygens (including phenoxy) is 1. The number of aromatic nitrogens is 3. The van der Waals surface area contributed by atoms with Crippen molar-refractivity contribution in [2.24, 2.45) is 0 Å². The molecule has 154 valence electrons. The number of carbonyl (C=O) groups excluding carboxylic acids is 1. The highest BCUT2D eigenvalue weighted by molar-refractivity contribution is 6.31. The maximum atomic E-state index is 13.6. The number of hydrogen-bond donors (Lipinski definition) is 2. The Morgan fingerprint density at radius 3 is 2.83 bits per heavy atom. The lowest BCUT2D eigenvalue weighted by Gasteiger charge is -2.33. The van der Waals surface area contributed by atoms with Gasteiger partial charge in [0.05, 0.1) is 11.3 Å². The van der Waals surface area contributed by atoms with Gasteiger partial charge in [-0.3, -0.25) is 5.32 Å². The van der Waals surface area contributed by atoms with Crippen LogP contribution in [0.1, 0.15) is 18.6 Å². The summed E-state index contributed by atoms with van der Waals surface area (Å²) in [7, 11) is 0. The molecule has 2 aliphatic rings. The fourth-order valence-electron chi connectivity index (χ4n) is 3.38. The minimum atomic E-state index is -4.85. The second-order valence-electron chi connectivity index (χ2n) is 6.77. The van der Waals surface area contributed by atoms with Crippen LogP contribution in [-0.2, 0) is 4.74 Å². The molecule has 1 amide bonds. The molecule has 1 saturated heterocycles. The van der Waals surface area contributed by atoms with Gasteiger partial charge in [0.15, 0.2) is 0 Å². The lowest BCUT2D eigenvalue weighted by Crippen LogP contribution is -2.49. The standard InChI is InChI=1S/C17H16ClF3N6O2/c1-8-6-27(3-2-22-8)11-5-9(18)4-10(25-11)13-12-14(17(19,20)21)29-16(28)26-15(12)24-7-23-13/h4-5,7-8,14,22H,2-3,6H2,1H3,(H,23,24,26,28)/t8-,14+/m0/s1. The molecule has 0 bridgehead atoms. The minimum absolute atomic E-state index is 0.107. The number of nitrogens with one attached hydrogen (secondary N) is 2. The van der Waals surface area contributed by atoms with E-state index in [0.717, 1.165) is 12.9 Å². The van der Waals surface area contributed by atoms with Gasteiger partial charge in [-0.1, -0.05) is 11.6 Å². The summed E-state index contributed by atoms with van der Waals surface area (Å²) >= 11 is 6.24. The summed E-state index contributed by atoms with van der Waals surface area (Å²) in [5.74, 6) is 0.255. The Morgan fingerprint density at radius 2 is 2.10 bits per heavy atom. The van der Waals surface area contributed by atoms with E-state index in [1.54, 1.807) is 6.07 Å². The van der Waals surface area contributed by atoms with E-state index >= 15 is 0 Å². The van der Waals surface area contributed by atoms with Gasteiger partial charge in [0, 0.05) is 30.7 Å². The highest BCUT2D eigenvalue weighted by Crippen LogP contribution is 2.44. The first kappa shape index (κ1) is 19.6. The van der Waals surface area contributed by atoms with Crippen molar-refractivity contribution in [1.29, 1.82) is 0 Å². The average Bonchev–Trinajstić information content (AvgIpc) is 2.65. The second kappa shape index (κ2) is 7.30. The van der Waals surface area contributed by atoms with E-state index in [-0.39, 0.29) is 23.2 Å². The van der Waals surface area contributed by atoms with E-state index in [0.29, 0.717) is 23.9 Å². The van der Waals surface area contributed by atoms with Crippen LogP contribution in [0, 0.1) is 0 Å². The zero-order valence-electron chi connectivity index (χ0n) is 15.1. The van der Waals surface area contributed by atoms with Gasteiger partial charge in [0.25, 0.3) is 0 Å². The van der Waals surface area contributed by atoms with Crippen LogP contribution in [0.15, 0.2) is 18.5 Å². The van der Waals surface area contributed by atoms with Crippen molar-refractivity contribution in [2.45, 2.75) is 25.2 Å². The molecule has 2 atom stereocenters. The van der Waals surface area contributed by atoms with E-state index < -0.39 is 23.9 Å². The highest BCUT2D eigenvalue weighted by atomic mass is 35.5. The Morgan fingerprint density at radius 1 is 1.31 bits per heavy atom. The summed E-state index contributed by atoms with van der Waals surface area (Å²) in [4.78, 5) is 25.8. The number of anilines is 2. The van der Waals surface area contributed by atoms with Crippen LogP contribution in [-0.4, -0.2) is 52.9 Å². The smallest absolute Gasteiger partial charge is 0.430 e. The predicted molar refractivity (Wildman–Crippen MR) is 98.9 cm³/mol. The number of amides is 1. The number of cyclic esters (lactones) is 1. The van der Waals surface area contributed by atoms with Crippen LogP contribution in [0.5, 0.6) is 0 Å². The SMILES string of the molecule is C[C@H]1CN(c2cc(Cl)cc(-c3ncnc4c3[C@H](C(F)(F)F)OC(=O)N4)n2)CCN1. The zero-order chi connectivity index (χ0) is 20.8. The van der Waals surface area contributed by atoms with Crippen LogP contribution in [0.4, 0.5) is 29.6 Å². The van der Waals surface area contributed by atoms with Gasteiger partial charge in [-0.05, 0) is 19.1 Å². The lowest BCUT2D eigenvalue weighted by atomic mass is 10.0. The number of fused-ring (bicyclic) bond motifs is 1. The average molecular weight is 429 g/mol. The third-order valence-electron chi connectivity index (χ3n) is 4.60. The van der Waals surface area contributed by atoms with E-state index in [2.05, 4.69) is 30.3 Å². The molecule has 0 unspecified atom stereocenters. The first-order valence-corrected chi connectivity index (χ1v) is 9.15. The minimum Gasteiger partial charge on any atom is -0.431 e. The van der Waals surface area contributed by atoms with E-state index in [4.69, 9.17) is 11.6 Å². The first-order valence-electron chi connectivity index (χ1n) is 8.78. The van der Waals surface area contributed by atoms with Crippen LogP contribution in [0.3, 0.4) is 0 Å². The summed E-state index contributed by atoms with van der Waals surface area (Å²) in [6, 6.07) is 3.29. The molecular weight excluding hydrogens is 413 g/mol. The fraction of sp³-hybridized carbons (Fsp3) is 0.412. The van der Waals surface area contributed by atoms with Crippen LogP contribution < -0.4 is 15.5 Å². The molecule has 12 heteroatoms. The van der Waals surface area contributed by atoms with Crippen molar-refractivity contribution in [3.05, 3.63) is 29.0 Å². The number of pyridine rings is 1. The summed E-state index contributed by atoms with van der Waals surface area (Å²) < 4.78 is 45.2. The molecule has 8 nitrogen and oxygen atoms in total.